The maximum absolute atomic E-state index is 12.4. The van der Waals surface area contributed by atoms with Crippen LogP contribution >= 0.6 is 0 Å². The van der Waals surface area contributed by atoms with Gasteiger partial charge >= 0.3 is 6.18 Å². The van der Waals surface area contributed by atoms with Gasteiger partial charge in [0.15, 0.2) is 11.5 Å². The van der Waals surface area contributed by atoms with Crippen molar-refractivity contribution < 1.29 is 27.4 Å². The van der Waals surface area contributed by atoms with Gasteiger partial charge in [0.25, 0.3) is 0 Å². The first-order chi connectivity index (χ1) is 8.00. The Bertz CT molecular complexity index is 408. The average Bonchev–Trinajstić information content (AvgIpc) is 2.71. The van der Waals surface area contributed by atoms with Crippen molar-refractivity contribution in [2.75, 3.05) is 19.2 Å². The predicted octanol–water partition coefficient (Wildman–Crippen LogP) is 2.36. The van der Waals surface area contributed by atoms with Crippen molar-refractivity contribution in [1.29, 1.82) is 0 Å². The van der Waals surface area contributed by atoms with Crippen molar-refractivity contribution in [3.8, 4) is 11.5 Å². The molecule has 1 aliphatic rings. The minimum absolute atomic E-state index is 0.0752. The second-order valence-electron chi connectivity index (χ2n) is 3.37. The fraction of sp³-hybridized carbons (Fsp3) is 0.400. The number of halogens is 3. The molecule has 1 aromatic rings. The number of nitrogens with one attached hydrogen (secondary N) is 1. The Kier molecular flexibility index (Phi) is 3.01. The van der Waals surface area contributed by atoms with E-state index in [1.165, 1.54) is 18.2 Å². The van der Waals surface area contributed by atoms with Crippen LogP contribution in [0.25, 0.3) is 0 Å². The molecule has 0 radical (unpaired) electrons. The molecule has 17 heavy (non-hydrogen) atoms. The lowest BCUT2D eigenvalue weighted by molar-refractivity contribution is -0.202. The Balaban J connectivity index is 2.13. The number of methoxy groups -OCH3 is 1. The first kappa shape index (κ1) is 11.8. The molecule has 0 fully saturated rings. The highest BCUT2D eigenvalue weighted by molar-refractivity contribution is 5.55. The average molecular weight is 249 g/mol. The first-order valence-electron chi connectivity index (χ1n) is 4.76. The number of hydrogen-bond acceptors (Lipinski definition) is 4. The number of ether oxygens (including phenoxy) is 3. The standard InChI is InChI=1S/C10H10F3NO3/c1-15-9(10(11,12)13)14-6-2-3-7-8(4-6)17-5-16-7/h2-4,9,14H,5H2,1H3/t9-/m1/s1. The lowest BCUT2D eigenvalue weighted by Gasteiger charge is -2.20. The second-order valence-corrected chi connectivity index (χ2v) is 3.37. The number of hydrogen-bond donors (Lipinski definition) is 1. The monoisotopic (exact) mass is 249 g/mol. The number of benzene rings is 1. The molecule has 1 heterocycles. The van der Waals surface area contributed by atoms with Gasteiger partial charge in [-0.1, -0.05) is 0 Å². The highest BCUT2D eigenvalue weighted by Crippen LogP contribution is 2.35. The maximum Gasteiger partial charge on any atom is 0.433 e. The molecule has 0 saturated heterocycles. The molecule has 0 saturated carbocycles. The summed E-state index contributed by atoms with van der Waals surface area (Å²) in [5.41, 5.74) is 0.249. The van der Waals surface area contributed by atoms with Gasteiger partial charge in [-0.25, -0.2) is 0 Å². The van der Waals surface area contributed by atoms with E-state index in [4.69, 9.17) is 9.47 Å². The molecular formula is C10H10F3NO3. The van der Waals surface area contributed by atoms with E-state index in [1.807, 2.05) is 0 Å². The van der Waals surface area contributed by atoms with E-state index in [1.54, 1.807) is 0 Å². The van der Waals surface area contributed by atoms with Crippen molar-refractivity contribution in [2.45, 2.75) is 12.4 Å². The van der Waals surface area contributed by atoms with Crippen LogP contribution < -0.4 is 14.8 Å². The van der Waals surface area contributed by atoms with Crippen LogP contribution in [0, 0.1) is 0 Å². The van der Waals surface area contributed by atoms with Gasteiger partial charge in [-0.3, -0.25) is 0 Å². The summed E-state index contributed by atoms with van der Waals surface area (Å²) in [6, 6.07) is 4.43. The molecule has 0 bridgehead atoms. The Hall–Kier alpha value is -1.63. The lowest BCUT2D eigenvalue weighted by atomic mass is 10.2. The maximum atomic E-state index is 12.4. The summed E-state index contributed by atoms with van der Waals surface area (Å²) < 4.78 is 51.7. The SMILES string of the molecule is CO[C@@H](Nc1ccc2c(c1)OCO2)C(F)(F)F. The van der Waals surface area contributed by atoms with Gasteiger partial charge in [0.1, 0.15) is 0 Å². The predicted molar refractivity (Wildman–Crippen MR) is 53.0 cm³/mol. The lowest BCUT2D eigenvalue weighted by Crippen LogP contribution is -2.37. The quantitative estimate of drug-likeness (QED) is 0.835. The fourth-order valence-electron chi connectivity index (χ4n) is 1.41. The Morgan fingerprint density at radius 3 is 2.65 bits per heavy atom. The summed E-state index contributed by atoms with van der Waals surface area (Å²) in [6.45, 7) is 0.0752. The Morgan fingerprint density at radius 2 is 2.00 bits per heavy atom. The van der Waals surface area contributed by atoms with Crippen LogP contribution in [0.3, 0.4) is 0 Å². The Labute approximate surface area is 95.3 Å². The van der Waals surface area contributed by atoms with E-state index in [9.17, 15) is 13.2 Å². The minimum atomic E-state index is -4.48. The van der Waals surface area contributed by atoms with Crippen LogP contribution in [-0.2, 0) is 4.74 Å². The van der Waals surface area contributed by atoms with Crippen LogP contribution in [0.5, 0.6) is 11.5 Å². The van der Waals surface area contributed by atoms with E-state index >= 15 is 0 Å². The summed E-state index contributed by atoms with van der Waals surface area (Å²) in [5.74, 6) is 0.920. The summed E-state index contributed by atoms with van der Waals surface area (Å²) in [5, 5.41) is 2.22. The molecule has 94 valence electrons. The molecule has 0 unspecified atom stereocenters. The molecule has 1 N–H and O–H groups in total. The fourth-order valence-corrected chi connectivity index (χ4v) is 1.41. The molecule has 2 rings (SSSR count). The largest absolute Gasteiger partial charge is 0.454 e. The van der Waals surface area contributed by atoms with Gasteiger partial charge in [-0.2, -0.15) is 13.2 Å². The topological polar surface area (TPSA) is 39.7 Å². The van der Waals surface area contributed by atoms with Crippen molar-refractivity contribution in [2.24, 2.45) is 0 Å². The van der Waals surface area contributed by atoms with Gasteiger partial charge < -0.3 is 19.5 Å². The van der Waals surface area contributed by atoms with Crippen molar-refractivity contribution in [3.63, 3.8) is 0 Å². The molecule has 1 aliphatic heterocycles. The molecule has 1 atom stereocenters. The van der Waals surface area contributed by atoms with Gasteiger partial charge in [0.05, 0.1) is 0 Å². The highest BCUT2D eigenvalue weighted by Gasteiger charge is 2.40. The van der Waals surface area contributed by atoms with Crippen molar-refractivity contribution >= 4 is 5.69 Å². The smallest absolute Gasteiger partial charge is 0.433 e. The first-order valence-corrected chi connectivity index (χ1v) is 4.76. The van der Waals surface area contributed by atoms with E-state index in [2.05, 4.69) is 10.1 Å². The second kappa shape index (κ2) is 4.33. The summed E-state index contributed by atoms with van der Waals surface area (Å²) in [7, 11) is 0.984. The summed E-state index contributed by atoms with van der Waals surface area (Å²) in [4.78, 5) is 0. The number of fused-ring (bicyclic) bond motifs is 1. The molecule has 1 aromatic carbocycles. The number of rotatable bonds is 3. The highest BCUT2D eigenvalue weighted by atomic mass is 19.4. The Morgan fingerprint density at radius 1 is 1.29 bits per heavy atom. The summed E-state index contributed by atoms with van der Waals surface area (Å²) >= 11 is 0. The molecule has 0 spiro atoms. The summed E-state index contributed by atoms with van der Waals surface area (Å²) in [6.07, 6.45) is -6.53. The van der Waals surface area contributed by atoms with Gasteiger partial charge in [0, 0.05) is 18.9 Å². The minimum Gasteiger partial charge on any atom is -0.454 e. The van der Waals surface area contributed by atoms with Crippen LogP contribution in [0.15, 0.2) is 18.2 Å². The zero-order valence-electron chi connectivity index (χ0n) is 8.88. The van der Waals surface area contributed by atoms with Gasteiger partial charge in [-0.05, 0) is 12.1 Å². The molecule has 0 aliphatic carbocycles. The number of alkyl halides is 3. The van der Waals surface area contributed by atoms with Crippen molar-refractivity contribution in [3.05, 3.63) is 18.2 Å². The van der Waals surface area contributed by atoms with Crippen molar-refractivity contribution in [1.82, 2.24) is 0 Å². The third kappa shape index (κ3) is 2.55. The third-order valence-corrected chi connectivity index (χ3v) is 2.20. The van der Waals surface area contributed by atoms with Gasteiger partial charge in [-0.15, -0.1) is 0 Å². The molecule has 0 aromatic heterocycles. The normalized spacial score (nSPS) is 15.8. The zero-order chi connectivity index (χ0) is 12.5. The van der Waals surface area contributed by atoms with E-state index < -0.39 is 12.4 Å². The van der Waals surface area contributed by atoms with E-state index in [0.29, 0.717) is 11.5 Å². The molecule has 7 heteroatoms. The van der Waals surface area contributed by atoms with Crippen LogP contribution in [0.1, 0.15) is 0 Å². The van der Waals surface area contributed by atoms with Crippen LogP contribution in [0.4, 0.5) is 18.9 Å². The van der Waals surface area contributed by atoms with Crippen LogP contribution in [0.2, 0.25) is 0 Å². The zero-order valence-corrected chi connectivity index (χ0v) is 8.88. The van der Waals surface area contributed by atoms with E-state index in [-0.39, 0.29) is 12.5 Å². The molecule has 0 amide bonds. The molecule has 4 nitrogen and oxygen atoms in total. The number of anilines is 1. The third-order valence-electron chi connectivity index (χ3n) is 2.20. The molecular weight excluding hydrogens is 239 g/mol. The van der Waals surface area contributed by atoms with E-state index in [0.717, 1.165) is 7.11 Å². The van der Waals surface area contributed by atoms with Gasteiger partial charge in [0.2, 0.25) is 13.0 Å². The van der Waals surface area contributed by atoms with Crippen LogP contribution in [-0.4, -0.2) is 26.3 Å².